The van der Waals surface area contributed by atoms with E-state index in [1.165, 1.54) is 4.90 Å². The quantitative estimate of drug-likeness (QED) is 0.473. The van der Waals surface area contributed by atoms with Crippen LogP contribution in [0.1, 0.15) is 6.92 Å². The SMILES string of the molecule is CCNC(=O)NC(=O)CN1CCNCC1C(=O)O. The van der Waals surface area contributed by atoms with Gasteiger partial charge >= 0.3 is 12.0 Å². The molecular formula is C10H18N4O4. The number of hydrogen-bond acceptors (Lipinski definition) is 5. The Balaban J connectivity index is 2.46. The van der Waals surface area contributed by atoms with Crippen molar-refractivity contribution in [3.05, 3.63) is 0 Å². The van der Waals surface area contributed by atoms with Crippen molar-refractivity contribution in [2.24, 2.45) is 0 Å². The summed E-state index contributed by atoms with van der Waals surface area (Å²) < 4.78 is 0. The number of carbonyl (C=O) groups is 3. The molecule has 0 radical (unpaired) electrons. The Bertz CT molecular complexity index is 334. The Morgan fingerprint density at radius 2 is 2.17 bits per heavy atom. The molecule has 1 unspecified atom stereocenters. The second-order valence-corrected chi connectivity index (χ2v) is 3.94. The summed E-state index contributed by atoms with van der Waals surface area (Å²) in [4.78, 5) is 35.2. The van der Waals surface area contributed by atoms with Crippen molar-refractivity contribution in [2.75, 3.05) is 32.7 Å². The first-order valence-electron chi connectivity index (χ1n) is 5.79. The highest BCUT2D eigenvalue weighted by Gasteiger charge is 2.29. The van der Waals surface area contributed by atoms with E-state index < -0.39 is 23.9 Å². The van der Waals surface area contributed by atoms with Gasteiger partial charge in [0, 0.05) is 26.2 Å². The van der Waals surface area contributed by atoms with Gasteiger partial charge in [-0.25, -0.2) is 4.79 Å². The number of amides is 3. The van der Waals surface area contributed by atoms with E-state index in [1.807, 2.05) is 0 Å². The molecule has 0 saturated carbocycles. The highest BCUT2D eigenvalue weighted by molar-refractivity contribution is 5.95. The topological polar surface area (TPSA) is 111 Å². The molecule has 0 aromatic carbocycles. The maximum atomic E-state index is 11.5. The van der Waals surface area contributed by atoms with Gasteiger partial charge in [-0.15, -0.1) is 0 Å². The van der Waals surface area contributed by atoms with Crippen LogP contribution in [0.15, 0.2) is 0 Å². The summed E-state index contributed by atoms with van der Waals surface area (Å²) in [7, 11) is 0. The molecule has 8 nitrogen and oxygen atoms in total. The Morgan fingerprint density at radius 1 is 1.44 bits per heavy atom. The van der Waals surface area contributed by atoms with Gasteiger partial charge < -0.3 is 15.7 Å². The highest BCUT2D eigenvalue weighted by Crippen LogP contribution is 2.02. The molecule has 1 atom stereocenters. The zero-order valence-corrected chi connectivity index (χ0v) is 10.2. The van der Waals surface area contributed by atoms with Gasteiger partial charge in [0.2, 0.25) is 5.91 Å². The zero-order chi connectivity index (χ0) is 13.5. The number of carboxylic acids is 1. The first-order valence-corrected chi connectivity index (χ1v) is 5.79. The third-order valence-corrected chi connectivity index (χ3v) is 2.58. The molecule has 1 aliphatic rings. The molecule has 0 aromatic rings. The van der Waals surface area contributed by atoms with Crippen LogP contribution in [0, 0.1) is 0 Å². The summed E-state index contributed by atoms with van der Waals surface area (Å²) in [6, 6.07) is -1.30. The number of rotatable bonds is 4. The van der Waals surface area contributed by atoms with E-state index in [9.17, 15) is 14.4 Å². The van der Waals surface area contributed by atoms with Crippen molar-refractivity contribution in [2.45, 2.75) is 13.0 Å². The number of aliphatic carboxylic acids is 1. The lowest BCUT2D eigenvalue weighted by atomic mass is 10.2. The summed E-state index contributed by atoms with van der Waals surface area (Å²) in [6.07, 6.45) is 0. The van der Waals surface area contributed by atoms with E-state index in [2.05, 4.69) is 16.0 Å². The van der Waals surface area contributed by atoms with Crippen LogP contribution in [0.3, 0.4) is 0 Å². The zero-order valence-electron chi connectivity index (χ0n) is 10.2. The van der Waals surface area contributed by atoms with Crippen LogP contribution in [-0.4, -0.2) is 66.7 Å². The second-order valence-electron chi connectivity index (χ2n) is 3.94. The summed E-state index contributed by atoms with van der Waals surface area (Å²) >= 11 is 0. The van der Waals surface area contributed by atoms with Crippen molar-refractivity contribution in [1.29, 1.82) is 0 Å². The third-order valence-electron chi connectivity index (χ3n) is 2.58. The molecule has 0 bridgehead atoms. The molecule has 3 amide bonds. The molecule has 1 saturated heterocycles. The predicted molar refractivity (Wildman–Crippen MR) is 63.1 cm³/mol. The number of carboxylic acid groups (broad SMARTS) is 1. The highest BCUT2D eigenvalue weighted by atomic mass is 16.4. The van der Waals surface area contributed by atoms with Crippen LogP contribution in [0.5, 0.6) is 0 Å². The monoisotopic (exact) mass is 258 g/mol. The lowest BCUT2D eigenvalue weighted by Gasteiger charge is -2.32. The number of carbonyl (C=O) groups excluding carboxylic acids is 2. The van der Waals surface area contributed by atoms with Crippen molar-refractivity contribution >= 4 is 17.9 Å². The average Bonchev–Trinajstić information content (AvgIpc) is 2.29. The van der Waals surface area contributed by atoms with Crippen LogP contribution >= 0.6 is 0 Å². The summed E-state index contributed by atoms with van der Waals surface area (Å²) in [5, 5.41) is 16.5. The molecule has 1 aliphatic heterocycles. The van der Waals surface area contributed by atoms with Gasteiger partial charge in [0.25, 0.3) is 0 Å². The summed E-state index contributed by atoms with van der Waals surface area (Å²) in [6.45, 7) is 3.43. The van der Waals surface area contributed by atoms with E-state index in [4.69, 9.17) is 5.11 Å². The minimum Gasteiger partial charge on any atom is -0.480 e. The second kappa shape index (κ2) is 6.92. The van der Waals surface area contributed by atoms with Crippen LogP contribution in [0.4, 0.5) is 4.79 Å². The van der Waals surface area contributed by atoms with Crippen LogP contribution in [-0.2, 0) is 9.59 Å². The van der Waals surface area contributed by atoms with Crippen molar-refractivity contribution in [3.8, 4) is 0 Å². The maximum Gasteiger partial charge on any atom is 0.322 e. The molecule has 0 spiro atoms. The molecule has 4 N–H and O–H groups in total. The molecule has 1 rings (SSSR count). The summed E-state index contributed by atoms with van der Waals surface area (Å²) in [5.74, 6) is -1.48. The Labute approximate surface area is 105 Å². The maximum absolute atomic E-state index is 11.5. The molecule has 0 aliphatic carbocycles. The smallest absolute Gasteiger partial charge is 0.322 e. The molecule has 0 aromatic heterocycles. The van der Waals surface area contributed by atoms with Gasteiger partial charge in [0.15, 0.2) is 0 Å². The Morgan fingerprint density at radius 3 is 2.78 bits per heavy atom. The van der Waals surface area contributed by atoms with E-state index in [1.54, 1.807) is 6.92 Å². The van der Waals surface area contributed by atoms with E-state index in [-0.39, 0.29) is 6.54 Å². The number of hydrogen-bond donors (Lipinski definition) is 4. The standard InChI is InChI=1S/C10H18N4O4/c1-2-12-10(18)13-8(15)6-14-4-3-11-5-7(14)9(16)17/h7,11H,2-6H2,1H3,(H,16,17)(H2,12,13,15,18). The number of piperazine rings is 1. The van der Waals surface area contributed by atoms with E-state index in [0.29, 0.717) is 26.2 Å². The Hall–Kier alpha value is -1.67. The molecule has 1 fully saturated rings. The van der Waals surface area contributed by atoms with Gasteiger partial charge in [-0.3, -0.25) is 19.8 Å². The first kappa shape index (κ1) is 14.4. The van der Waals surface area contributed by atoms with Crippen molar-refractivity contribution in [3.63, 3.8) is 0 Å². The van der Waals surface area contributed by atoms with Gasteiger partial charge in [0.1, 0.15) is 6.04 Å². The third kappa shape index (κ3) is 4.30. The number of nitrogens with one attached hydrogen (secondary N) is 3. The van der Waals surface area contributed by atoms with Gasteiger partial charge in [-0.1, -0.05) is 0 Å². The lowest BCUT2D eigenvalue weighted by molar-refractivity contribution is -0.144. The largest absolute Gasteiger partial charge is 0.480 e. The van der Waals surface area contributed by atoms with Gasteiger partial charge in [-0.05, 0) is 6.92 Å². The minimum atomic E-state index is -0.979. The van der Waals surface area contributed by atoms with Crippen molar-refractivity contribution < 1.29 is 19.5 Å². The normalized spacial score (nSPS) is 20.2. The van der Waals surface area contributed by atoms with Crippen molar-refractivity contribution in [1.82, 2.24) is 20.9 Å². The number of nitrogens with zero attached hydrogens (tertiary/aromatic N) is 1. The fourth-order valence-corrected chi connectivity index (χ4v) is 1.73. The number of urea groups is 1. The van der Waals surface area contributed by atoms with Gasteiger partial charge in [-0.2, -0.15) is 0 Å². The first-order chi connectivity index (χ1) is 8.54. The predicted octanol–water partition coefficient (Wildman–Crippen LogP) is -1.81. The lowest BCUT2D eigenvalue weighted by Crippen LogP contribution is -2.57. The molecule has 1 heterocycles. The fourth-order valence-electron chi connectivity index (χ4n) is 1.73. The van der Waals surface area contributed by atoms with Crippen LogP contribution in [0.25, 0.3) is 0 Å². The van der Waals surface area contributed by atoms with E-state index >= 15 is 0 Å². The molecule has 102 valence electrons. The number of imide groups is 1. The minimum absolute atomic E-state index is 0.101. The molecule has 18 heavy (non-hydrogen) atoms. The fraction of sp³-hybridized carbons (Fsp3) is 0.700. The molecule has 8 heteroatoms. The molecular weight excluding hydrogens is 240 g/mol. The van der Waals surface area contributed by atoms with Crippen LogP contribution in [0.2, 0.25) is 0 Å². The van der Waals surface area contributed by atoms with Gasteiger partial charge in [0.05, 0.1) is 6.54 Å². The Kier molecular flexibility index (Phi) is 5.53. The summed E-state index contributed by atoms with van der Waals surface area (Å²) in [5.41, 5.74) is 0. The van der Waals surface area contributed by atoms with E-state index in [0.717, 1.165) is 0 Å². The van der Waals surface area contributed by atoms with Crippen LogP contribution < -0.4 is 16.0 Å². The average molecular weight is 258 g/mol.